The van der Waals surface area contributed by atoms with Crippen LogP contribution >= 0.6 is 0 Å². The van der Waals surface area contributed by atoms with Crippen LogP contribution in [-0.4, -0.2) is 22.9 Å². The molecule has 194 valence electrons. The number of benzene rings is 4. The molecule has 0 aliphatic heterocycles. The Balaban J connectivity index is 1.50. The van der Waals surface area contributed by atoms with Gasteiger partial charge in [-0.05, 0) is 28.7 Å². The average molecular weight is 508 g/mol. The fraction of sp³-hybridized carbons (Fsp3) is 0.212. The van der Waals surface area contributed by atoms with Crippen LogP contribution in [0.5, 0.6) is 0 Å². The molecular formula is C33H33NO4. The molecular weight excluding hydrogens is 474 g/mol. The second-order valence-electron chi connectivity index (χ2n) is 9.17. The Labute approximate surface area is 224 Å². The van der Waals surface area contributed by atoms with Crippen molar-refractivity contribution < 1.29 is 19.1 Å². The summed E-state index contributed by atoms with van der Waals surface area (Å²) in [6.45, 7) is 1.47. The zero-order valence-electron chi connectivity index (χ0n) is 21.4. The SMILES string of the molecule is O=C(CC[C@@H](C(=O)OCc1ccccc1)N(Cc1ccccc1)Cc1ccccc1)OCc1ccccc1. The van der Waals surface area contributed by atoms with Gasteiger partial charge in [0.05, 0.1) is 0 Å². The first kappa shape index (κ1) is 26.8. The van der Waals surface area contributed by atoms with Crippen LogP contribution in [0.15, 0.2) is 121 Å². The van der Waals surface area contributed by atoms with Crippen molar-refractivity contribution in [1.29, 1.82) is 0 Å². The molecule has 0 spiro atoms. The van der Waals surface area contributed by atoms with Gasteiger partial charge in [0.1, 0.15) is 19.3 Å². The summed E-state index contributed by atoms with van der Waals surface area (Å²) in [7, 11) is 0. The summed E-state index contributed by atoms with van der Waals surface area (Å²) < 4.78 is 11.3. The van der Waals surface area contributed by atoms with E-state index in [0.717, 1.165) is 22.3 Å². The van der Waals surface area contributed by atoms with Crippen molar-refractivity contribution in [2.45, 2.75) is 45.2 Å². The van der Waals surface area contributed by atoms with Crippen molar-refractivity contribution in [3.8, 4) is 0 Å². The van der Waals surface area contributed by atoms with Crippen LogP contribution in [0.3, 0.4) is 0 Å². The van der Waals surface area contributed by atoms with E-state index in [-0.39, 0.29) is 31.6 Å². The van der Waals surface area contributed by atoms with Gasteiger partial charge in [-0.3, -0.25) is 14.5 Å². The number of nitrogens with zero attached hydrogens (tertiary/aromatic N) is 1. The third-order valence-electron chi connectivity index (χ3n) is 6.26. The van der Waals surface area contributed by atoms with Gasteiger partial charge in [0.15, 0.2) is 0 Å². The molecule has 5 heteroatoms. The Morgan fingerprint density at radius 2 is 0.947 bits per heavy atom. The number of hydrogen-bond donors (Lipinski definition) is 0. The Kier molecular flexibility index (Phi) is 10.2. The lowest BCUT2D eigenvalue weighted by molar-refractivity contribution is -0.153. The standard InChI is InChI=1S/C33H33NO4/c35-32(37-25-29-17-9-3-10-18-29)22-21-31(33(36)38-26-30-19-11-4-12-20-30)34(23-27-13-5-1-6-14-27)24-28-15-7-2-8-16-28/h1-20,31H,21-26H2/t31-/m0/s1. The molecule has 0 fully saturated rings. The molecule has 0 unspecified atom stereocenters. The predicted octanol–water partition coefficient (Wildman–Crippen LogP) is 6.32. The minimum Gasteiger partial charge on any atom is -0.461 e. The maximum absolute atomic E-state index is 13.5. The van der Waals surface area contributed by atoms with E-state index >= 15 is 0 Å². The molecule has 0 heterocycles. The molecule has 4 aromatic carbocycles. The van der Waals surface area contributed by atoms with Crippen LogP contribution in [-0.2, 0) is 45.4 Å². The predicted molar refractivity (Wildman–Crippen MR) is 148 cm³/mol. The second kappa shape index (κ2) is 14.5. The van der Waals surface area contributed by atoms with Crippen molar-refractivity contribution in [3.63, 3.8) is 0 Å². The van der Waals surface area contributed by atoms with Crippen molar-refractivity contribution >= 4 is 11.9 Å². The Hall–Kier alpha value is -4.22. The van der Waals surface area contributed by atoms with E-state index in [2.05, 4.69) is 4.90 Å². The number of rotatable bonds is 13. The summed E-state index contributed by atoms with van der Waals surface area (Å²) in [5.41, 5.74) is 4.00. The van der Waals surface area contributed by atoms with Crippen LogP contribution < -0.4 is 0 Å². The minimum atomic E-state index is -0.622. The van der Waals surface area contributed by atoms with Gasteiger partial charge in [0.2, 0.25) is 0 Å². The molecule has 4 aromatic rings. The molecule has 0 saturated carbocycles. The maximum Gasteiger partial charge on any atom is 0.323 e. The monoisotopic (exact) mass is 507 g/mol. The normalized spacial score (nSPS) is 11.6. The molecule has 0 saturated heterocycles. The number of esters is 2. The summed E-state index contributed by atoms with van der Waals surface area (Å²) in [6, 6.07) is 38.6. The molecule has 4 rings (SSSR count). The highest BCUT2D eigenvalue weighted by atomic mass is 16.5. The molecule has 0 aliphatic carbocycles. The van der Waals surface area contributed by atoms with Crippen LogP contribution in [0.2, 0.25) is 0 Å². The number of carbonyl (C=O) groups is 2. The van der Waals surface area contributed by atoms with Gasteiger partial charge in [-0.25, -0.2) is 0 Å². The Morgan fingerprint density at radius 1 is 0.553 bits per heavy atom. The summed E-state index contributed by atoms with van der Waals surface area (Å²) in [5.74, 6) is -0.689. The number of ether oxygens (including phenoxy) is 2. The van der Waals surface area contributed by atoms with E-state index in [1.807, 2.05) is 121 Å². The topological polar surface area (TPSA) is 55.8 Å². The Morgan fingerprint density at radius 3 is 1.39 bits per heavy atom. The summed E-state index contributed by atoms with van der Waals surface area (Å²) in [6.07, 6.45) is 0.402. The second-order valence-corrected chi connectivity index (χ2v) is 9.17. The summed E-state index contributed by atoms with van der Waals surface area (Å²) >= 11 is 0. The fourth-order valence-electron chi connectivity index (χ4n) is 4.25. The molecule has 0 N–H and O–H groups in total. The lowest BCUT2D eigenvalue weighted by Crippen LogP contribution is -2.41. The van der Waals surface area contributed by atoms with E-state index in [9.17, 15) is 9.59 Å². The Bertz CT molecular complexity index is 1210. The molecule has 5 nitrogen and oxygen atoms in total. The lowest BCUT2D eigenvalue weighted by Gasteiger charge is -2.30. The van der Waals surface area contributed by atoms with Gasteiger partial charge in [0, 0.05) is 19.5 Å². The third-order valence-corrected chi connectivity index (χ3v) is 6.26. The first-order chi connectivity index (χ1) is 18.7. The van der Waals surface area contributed by atoms with Crippen LogP contribution in [0.1, 0.15) is 35.1 Å². The molecule has 1 atom stereocenters. The van der Waals surface area contributed by atoms with Crippen molar-refractivity contribution in [1.82, 2.24) is 4.90 Å². The first-order valence-electron chi connectivity index (χ1n) is 12.9. The van der Waals surface area contributed by atoms with Crippen LogP contribution in [0.25, 0.3) is 0 Å². The van der Waals surface area contributed by atoms with E-state index in [4.69, 9.17) is 9.47 Å². The van der Waals surface area contributed by atoms with Crippen LogP contribution in [0.4, 0.5) is 0 Å². The van der Waals surface area contributed by atoms with E-state index in [1.54, 1.807) is 0 Å². The third kappa shape index (κ3) is 8.71. The van der Waals surface area contributed by atoms with E-state index in [1.165, 1.54) is 0 Å². The minimum absolute atomic E-state index is 0.109. The quantitative estimate of drug-likeness (QED) is 0.198. The molecule has 38 heavy (non-hydrogen) atoms. The highest BCUT2D eigenvalue weighted by Crippen LogP contribution is 2.19. The van der Waals surface area contributed by atoms with Gasteiger partial charge >= 0.3 is 11.9 Å². The fourth-order valence-corrected chi connectivity index (χ4v) is 4.25. The zero-order chi connectivity index (χ0) is 26.4. The van der Waals surface area contributed by atoms with Gasteiger partial charge in [-0.1, -0.05) is 121 Å². The summed E-state index contributed by atoms with van der Waals surface area (Å²) in [4.78, 5) is 28.3. The zero-order valence-corrected chi connectivity index (χ0v) is 21.4. The van der Waals surface area contributed by atoms with Gasteiger partial charge in [0.25, 0.3) is 0 Å². The number of carbonyl (C=O) groups excluding carboxylic acids is 2. The maximum atomic E-state index is 13.5. The molecule has 0 amide bonds. The molecule has 0 aromatic heterocycles. The van der Waals surface area contributed by atoms with Crippen molar-refractivity contribution in [2.75, 3.05) is 0 Å². The molecule has 0 bridgehead atoms. The average Bonchev–Trinajstić information content (AvgIpc) is 2.97. The van der Waals surface area contributed by atoms with Crippen molar-refractivity contribution in [2.24, 2.45) is 0 Å². The number of hydrogen-bond acceptors (Lipinski definition) is 5. The van der Waals surface area contributed by atoms with Crippen LogP contribution in [0, 0.1) is 0 Å². The molecule has 0 radical (unpaired) electrons. The first-order valence-corrected chi connectivity index (χ1v) is 12.9. The van der Waals surface area contributed by atoms with Crippen molar-refractivity contribution in [3.05, 3.63) is 144 Å². The van der Waals surface area contributed by atoms with E-state index in [0.29, 0.717) is 19.5 Å². The van der Waals surface area contributed by atoms with Gasteiger partial charge in [-0.15, -0.1) is 0 Å². The smallest absolute Gasteiger partial charge is 0.323 e. The lowest BCUT2D eigenvalue weighted by atomic mass is 10.1. The van der Waals surface area contributed by atoms with Gasteiger partial charge in [-0.2, -0.15) is 0 Å². The molecule has 0 aliphatic rings. The highest BCUT2D eigenvalue weighted by Gasteiger charge is 2.29. The van der Waals surface area contributed by atoms with E-state index < -0.39 is 6.04 Å². The highest BCUT2D eigenvalue weighted by molar-refractivity contribution is 5.77. The largest absolute Gasteiger partial charge is 0.461 e. The summed E-state index contributed by atoms with van der Waals surface area (Å²) in [5, 5.41) is 0. The van der Waals surface area contributed by atoms with Gasteiger partial charge < -0.3 is 9.47 Å².